The highest BCUT2D eigenvalue weighted by atomic mass is 16.6. The zero-order chi connectivity index (χ0) is 6.36. The molecule has 3 nitrogen and oxygen atoms in total. The zero-order valence-corrected chi connectivity index (χ0v) is 4.84. The minimum Gasteiger partial charge on any atom is -0.479 e. The average Bonchev–Trinajstić information content (AvgIpc) is 2.17. The number of epoxide rings is 1. The lowest BCUT2D eigenvalue weighted by molar-refractivity contribution is -0.142. The van der Waals surface area contributed by atoms with Crippen LogP contribution in [0.25, 0.3) is 0 Å². The third kappa shape index (κ3) is 0.512. The van der Waals surface area contributed by atoms with Gasteiger partial charge in [-0.1, -0.05) is 0 Å². The molecular weight excluding hydrogens is 108 g/mol. The average molecular weight is 116 g/mol. The number of carboxylic acids is 1. The van der Waals surface area contributed by atoms with E-state index in [2.05, 4.69) is 0 Å². The number of rotatable bonds is 1. The summed E-state index contributed by atoms with van der Waals surface area (Å²) in [6.45, 7) is 3.31. The molecule has 8 heavy (non-hydrogen) atoms. The van der Waals surface area contributed by atoms with Crippen molar-refractivity contribution in [2.45, 2.75) is 25.6 Å². The van der Waals surface area contributed by atoms with Crippen LogP contribution in [0.2, 0.25) is 0 Å². The number of carbonyl (C=O) groups is 1. The topological polar surface area (TPSA) is 49.8 Å². The molecule has 1 heterocycles. The monoisotopic (exact) mass is 116 g/mol. The van der Waals surface area contributed by atoms with Crippen LogP contribution in [0.5, 0.6) is 0 Å². The molecule has 1 aliphatic heterocycles. The van der Waals surface area contributed by atoms with E-state index >= 15 is 0 Å². The Kier molecular flexibility index (Phi) is 0.854. The number of hydrogen-bond donors (Lipinski definition) is 1. The molecule has 0 amide bonds. The zero-order valence-electron chi connectivity index (χ0n) is 4.84. The van der Waals surface area contributed by atoms with E-state index in [0.717, 1.165) is 0 Å². The largest absolute Gasteiger partial charge is 0.479 e. The highest BCUT2D eigenvalue weighted by Gasteiger charge is 2.56. The molecule has 1 rings (SSSR count). The van der Waals surface area contributed by atoms with Crippen LogP contribution >= 0.6 is 0 Å². The van der Waals surface area contributed by atoms with E-state index in [9.17, 15) is 4.79 Å². The van der Waals surface area contributed by atoms with Crippen LogP contribution in [0.15, 0.2) is 0 Å². The molecule has 0 aromatic rings. The fourth-order valence-corrected chi connectivity index (χ4v) is 0.557. The second kappa shape index (κ2) is 1.23. The van der Waals surface area contributed by atoms with Gasteiger partial charge in [0.1, 0.15) is 0 Å². The van der Waals surface area contributed by atoms with Crippen molar-refractivity contribution in [1.29, 1.82) is 0 Å². The van der Waals surface area contributed by atoms with Crippen molar-refractivity contribution in [1.82, 2.24) is 0 Å². The van der Waals surface area contributed by atoms with Gasteiger partial charge in [0, 0.05) is 0 Å². The van der Waals surface area contributed by atoms with Gasteiger partial charge in [0.2, 0.25) is 0 Å². The second-order valence-corrected chi connectivity index (χ2v) is 2.17. The van der Waals surface area contributed by atoms with Crippen molar-refractivity contribution in [2.24, 2.45) is 0 Å². The summed E-state index contributed by atoms with van der Waals surface area (Å²) in [5.41, 5.74) is -0.875. The predicted molar refractivity (Wildman–Crippen MR) is 26.6 cm³/mol. The Bertz CT molecular complexity index is 132. The molecule has 0 aromatic carbocycles. The maximum absolute atomic E-state index is 10.2. The highest BCUT2D eigenvalue weighted by Crippen LogP contribution is 2.35. The van der Waals surface area contributed by atoms with Crippen molar-refractivity contribution in [2.75, 3.05) is 0 Å². The lowest BCUT2D eigenvalue weighted by atomic mass is 10.1. The van der Waals surface area contributed by atoms with Gasteiger partial charge in [0.25, 0.3) is 0 Å². The van der Waals surface area contributed by atoms with Gasteiger partial charge in [-0.15, -0.1) is 0 Å². The van der Waals surface area contributed by atoms with Crippen LogP contribution in [-0.2, 0) is 9.53 Å². The quantitative estimate of drug-likeness (QED) is 0.499. The first-order valence-corrected chi connectivity index (χ1v) is 2.48. The Morgan fingerprint density at radius 1 is 1.88 bits per heavy atom. The smallest absolute Gasteiger partial charge is 0.338 e. The number of hydrogen-bond acceptors (Lipinski definition) is 2. The van der Waals surface area contributed by atoms with Crippen LogP contribution < -0.4 is 0 Å². The van der Waals surface area contributed by atoms with Gasteiger partial charge in [-0.25, -0.2) is 4.79 Å². The Hall–Kier alpha value is -0.570. The summed E-state index contributed by atoms with van der Waals surface area (Å²) in [6.07, 6.45) is -0.111. The lowest BCUT2D eigenvalue weighted by Crippen LogP contribution is -2.21. The maximum atomic E-state index is 10.2. The first-order chi connectivity index (χ1) is 3.57. The molecule has 0 bridgehead atoms. The van der Waals surface area contributed by atoms with Crippen molar-refractivity contribution in [3.05, 3.63) is 0 Å². The van der Waals surface area contributed by atoms with Crippen LogP contribution in [0, 0.1) is 0 Å². The van der Waals surface area contributed by atoms with E-state index < -0.39 is 11.6 Å². The molecule has 0 aliphatic carbocycles. The molecule has 0 saturated carbocycles. The Morgan fingerprint density at radius 3 is 2.25 bits per heavy atom. The number of ether oxygens (including phenoxy) is 1. The van der Waals surface area contributed by atoms with E-state index in [0.29, 0.717) is 0 Å². The van der Waals surface area contributed by atoms with Crippen LogP contribution in [0.1, 0.15) is 13.8 Å². The summed E-state index contributed by atoms with van der Waals surface area (Å²) in [6, 6.07) is 0. The molecule has 0 radical (unpaired) electrons. The Balaban J connectivity index is 2.60. The molecule has 2 atom stereocenters. The number of carboxylic acid groups (broad SMARTS) is 1. The highest BCUT2D eigenvalue weighted by molar-refractivity contribution is 5.80. The number of aliphatic carboxylic acids is 1. The van der Waals surface area contributed by atoms with Gasteiger partial charge in [-0.05, 0) is 13.8 Å². The first kappa shape index (κ1) is 5.56. The first-order valence-electron chi connectivity index (χ1n) is 2.48. The molecule has 3 heteroatoms. The molecule has 0 spiro atoms. The van der Waals surface area contributed by atoms with Crippen molar-refractivity contribution < 1.29 is 14.6 Å². The van der Waals surface area contributed by atoms with Gasteiger partial charge in [-0.3, -0.25) is 0 Å². The van der Waals surface area contributed by atoms with E-state index in [1.807, 2.05) is 0 Å². The molecule has 0 aromatic heterocycles. The fourth-order valence-electron chi connectivity index (χ4n) is 0.557. The van der Waals surface area contributed by atoms with E-state index in [-0.39, 0.29) is 6.10 Å². The normalized spacial score (nSPS) is 44.0. The molecule has 2 unspecified atom stereocenters. The Labute approximate surface area is 47.3 Å². The summed E-state index contributed by atoms with van der Waals surface area (Å²) in [7, 11) is 0. The minimum atomic E-state index is -0.875. The van der Waals surface area contributed by atoms with Crippen molar-refractivity contribution in [3.63, 3.8) is 0 Å². The maximum Gasteiger partial charge on any atom is 0.338 e. The molecule has 1 N–H and O–H groups in total. The molecule has 1 aliphatic rings. The van der Waals surface area contributed by atoms with Gasteiger partial charge < -0.3 is 9.84 Å². The Morgan fingerprint density at radius 2 is 2.25 bits per heavy atom. The molecule has 1 fully saturated rings. The van der Waals surface area contributed by atoms with Gasteiger partial charge in [0.15, 0.2) is 5.60 Å². The third-order valence-corrected chi connectivity index (χ3v) is 1.56. The fraction of sp³-hybridized carbons (Fsp3) is 0.800. The summed E-state index contributed by atoms with van der Waals surface area (Å²) in [4.78, 5) is 10.2. The van der Waals surface area contributed by atoms with Crippen molar-refractivity contribution >= 4 is 5.97 Å². The van der Waals surface area contributed by atoms with Gasteiger partial charge in [0.05, 0.1) is 6.10 Å². The standard InChI is InChI=1S/C5H8O3/c1-3-5(2,8-3)4(6)7/h3H,1-2H3,(H,6,7). The lowest BCUT2D eigenvalue weighted by Gasteiger charge is -1.92. The van der Waals surface area contributed by atoms with Crippen LogP contribution in [-0.4, -0.2) is 22.8 Å². The summed E-state index contributed by atoms with van der Waals surface area (Å²) >= 11 is 0. The molecule has 1 saturated heterocycles. The third-order valence-electron chi connectivity index (χ3n) is 1.56. The van der Waals surface area contributed by atoms with E-state index in [4.69, 9.17) is 9.84 Å². The summed E-state index contributed by atoms with van der Waals surface area (Å²) in [5, 5.41) is 8.36. The van der Waals surface area contributed by atoms with Crippen LogP contribution in [0.3, 0.4) is 0 Å². The van der Waals surface area contributed by atoms with Gasteiger partial charge in [-0.2, -0.15) is 0 Å². The molecular formula is C5H8O3. The molecule has 46 valence electrons. The van der Waals surface area contributed by atoms with Crippen molar-refractivity contribution in [3.8, 4) is 0 Å². The van der Waals surface area contributed by atoms with Crippen LogP contribution in [0.4, 0.5) is 0 Å². The van der Waals surface area contributed by atoms with Gasteiger partial charge >= 0.3 is 5.97 Å². The summed E-state index contributed by atoms with van der Waals surface area (Å²) < 4.78 is 4.77. The van der Waals surface area contributed by atoms with E-state index in [1.54, 1.807) is 13.8 Å². The predicted octanol–water partition coefficient (Wildman–Crippen LogP) is 0.248. The van der Waals surface area contributed by atoms with E-state index in [1.165, 1.54) is 0 Å². The summed E-state index contributed by atoms with van der Waals surface area (Å²) in [5.74, 6) is -0.870. The second-order valence-electron chi connectivity index (χ2n) is 2.17. The minimum absolute atomic E-state index is 0.111. The SMILES string of the molecule is CC1OC1(C)C(=O)O.